The van der Waals surface area contributed by atoms with E-state index in [9.17, 15) is 16.8 Å². The van der Waals surface area contributed by atoms with Gasteiger partial charge in [0, 0.05) is 18.1 Å². The standard InChI is InChI=1S/C9H7ClN2O2S2.C7H9BO4S.C2Cl2N2S/c1-16(13,14)7-4-2-6(3-5-7)8-9(10)12-15-11-8;1-13(11,12)7-4-2-6(3-5-7)8(9)10;3-1-2(4)6-7-5-1/h2-5H,1H3;2-5,9-10H,1H3;. The van der Waals surface area contributed by atoms with Crippen LogP contribution >= 0.6 is 58.3 Å². The van der Waals surface area contributed by atoms with Crippen molar-refractivity contribution >= 4 is 90.5 Å². The van der Waals surface area contributed by atoms with Gasteiger partial charge in [-0.3, -0.25) is 0 Å². The Labute approximate surface area is 231 Å². The molecule has 0 amide bonds. The molecule has 0 atom stereocenters. The Kier molecular flexibility index (Phi) is 11.2. The van der Waals surface area contributed by atoms with Crippen LogP contribution in [0, 0.1) is 0 Å². The van der Waals surface area contributed by atoms with Gasteiger partial charge in [0.05, 0.1) is 33.2 Å². The fourth-order valence-electron chi connectivity index (χ4n) is 2.26. The monoisotopic (exact) mass is 628 g/mol. The van der Waals surface area contributed by atoms with Gasteiger partial charge in [-0.1, -0.05) is 59.1 Å². The SMILES string of the molecule is CS(=O)(=O)c1ccc(-c2nsnc2Cl)cc1.CS(=O)(=O)c1ccc(B(O)O)cc1.Clc1nsnc1Cl. The van der Waals surface area contributed by atoms with Crippen LogP contribution in [0.1, 0.15) is 0 Å². The third kappa shape index (κ3) is 9.32. The first-order valence-electron chi connectivity index (χ1n) is 9.28. The van der Waals surface area contributed by atoms with Crippen LogP contribution in [-0.2, 0) is 19.7 Å². The number of benzene rings is 2. The Morgan fingerprint density at radius 3 is 1.36 bits per heavy atom. The second kappa shape index (κ2) is 13.2. The second-order valence-corrected chi connectivity index (χ2v) is 12.9. The first-order chi connectivity index (χ1) is 16.7. The van der Waals surface area contributed by atoms with Crippen molar-refractivity contribution in [3.63, 3.8) is 0 Å². The van der Waals surface area contributed by atoms with Crippen LogP contribution in [0.5, 0.6) is 0 Å². The summed E-state index contributed by atoms with van der Waals surface area (Å²) in [4.78, 5) is 0.437. The van der Waals surface area contributed by atoms with E-state index in [0.29, 0.717) is 10.8 Å². The molecule has 0 aliphatic heterocycles. The molecular formula is C18H16BCl3N4O6S4. The van der Waals surface area contributed by atoms with Crippen molar-refractivity contribution in [2.24, 2.45) is 0 Å². The van der Waals surface area contributed by atoms with E-state index in [-0.39, 0.29) is 25.6 Å². The summed E-state index contributed by atoms with van der Waals surface area (Å²) in [5.74, 6) is 0. The van der Waals surface area contributed by atoms with Crippen LogP contribution in [0.3, 0.4) is 0 Å². The summed E-state index contributed by atoms with van der Waals surface area (Å²) in [6, 6.07) is 11.8. The van der Waals surface area contributed by atoms with Gasteiger partial charge in [-0.15, -0.1) is 0 Å². The Morgan fingerprint density at radius 1 is 0.667 bits per heavy atom. The molecule has 2 aromatic carbocycles. The van der Waals surface area contributed by atoms with E-state index < -0.39 is 26.8 Å². The van der Waals surface area contributed by atoms with E-state index in [2.05, 4.69) is 17.5 Å². The number of hydrogen-bond acceptors (Lipinski definition) is 12. The smallest absolute Gasteiger partial charge is 0.423 e. The van der Waals surface area contributed by atoms with Gasteiger partial charge in [-0.2, -0.15) is 17.5 Å². The molecule has 18 heteroatoms. The Balaban J connectivity index is 0.000000204. The summed E-state index contributed by atoms with van der Waals surface area (Å²) in [5, 5.41) is 18.3. The summed E-state index contributed by atoms with van der Waals surface area (Å²) in [7, 11) is -7.93. The fraction of sp³-hybridized carbons (Fsp3) is 0.111. The number of nitrogens with zero attached hydrogens (tertiary/aromatic N) is 4. The molecule has 0 fully saturated rings. The highest BCUT2D eigenvalue weighted by atomic mass is 35.5. The summed E-state index contributed by atoms with van der Waals surface area (Å²) in [5.41, 5.74) is 1.60. The Hall–Kier alpha value is -1.69. The number of hydrogen-bond donors (Lipinski definition) is 2. The summed E-state index contributed by atoms with van der Waals surface area (Å²) in [6.45, 7) is 0. The molecule has 0 saturated heterocycles. The number of aromatic nitrogens is 4. The summed E-state index contributed by atoms with van der Waals surface area (Å²) < 4.78 is 59.5. The zero-order valence-electron chi connectivity index (χ0n) is 18.3. The minimum Gasteiger partial charge on any atom is -0.423 e. The third-order valence-corrected chi connectivity index (χ3v) is 8.52. The molecular weight excluding hydrogens is 614 g/mol. The molecule has 0 unspecified atom stereocenters. The minimum absolute atomic E-state index is 0.164. The second-order valence-electron chi connectivity index (χ2n) is 6.76. The Morgan fingerprint density at radius 2 is 1.06 bits per heavy atom. The maximum Gasteiger partial charge on any atom is 0.488 e. The van der Waals surface area contributed by atoms with E-state index in [1.165, 1.54) is 42.7 Å². The van der Waals surface area contributed by atoms with Gasteiger partial charge in [0.1, 0.15) is 5.69 Å². The average Bonchev–Trinajstić information content (AvgIpc) is 3.41. The summed E-state index contributed by atoms with van der Waals surface area (Å²) >= 11 is 18.5. The van der Waals surface area contributed by atoms with Gasteiger partial charge in [0.15, 0.2) is 35.1 Å². The van der Waals surface area contributed by atoms with Crippen molar-refractivity contribution < 1.29 is 26.9 Å². The van der Waals surface area contributed by atoms with Gasteiger partial charge in [0.25, 0.3) is 0 Å². The van der Waals surface area contributed by atoms with Crippen molar-refractivity contribution in [3.8, 4) is 11.3 Å². The van der Waals surface area contributed by atoms with Crippen LogP contribution < -0.4 is 5.46 Å². The molecule has 192 valence electrons. The number of sulfone groups is 2. The van der Waals surface area contributed by atoms with Crippen LogP contribution in [0.25, 0.3) is 11.3 Å². The predicted octanol–water partition coefficient (Wildman–Crippen LogP) is 2.88. The van der Waals surface area contributed by atoms with E-state index in [4.69, 9.17) is 44.9 Å². The number of rotatable bonds is 4. The molecule has 0 radical (unpaired) electrons. The first-order valence-corrected chi connectivity index (χ1v) is 15.7. The molecule has 4 rings (SSSR count). The molecule has 0 aliphatic carbocycles. The van der Waals surface area contributed by atoms with Gasteiger partial charge < -0.3 is 10.0 Å². The van der Waals surface area contributed by atoms with Gasteiger partial charge >= 0.3 is 7.12 Å². The van der Waals surface area contributed by atoms with Crippen molar-refractivity contribution in [2.45, 2.75) is 9.79 Å². The first kappa shape index (κ1) is 30.5. The molecule has 2 N–H and O–H groups in total. The van der Waals surface area contributed by atoms with Crippen LogP contribution in [0.15, 0.2) is 58.3 Å². The Bertz CT molecular complexity index is 1480. The molecule has 4 aromatic rings. The third-order valence-electron chi connectivity index (χ3n) is 4.02. The maximum absolute atomic E-state index is 11.2. The van der Waals surface area contributed by atoms with E-state index >= 15 is 0 Å². The average molecular weight is 630 g/mol. The molecule has 0 bridgehead atoms. The van der Waals surface area contributed by atoms with Crippen LogP contribution in [-0.4, -0.2) is 64.0 Å². The molecule has 2 aromatic heterocycles. The minimum atomic E-state index is -3.21. The van der Waals surface area contributed by atoms with E-state index in [1.54, 1.807) is 12.1 Å². The molecule has 0 aliphatic rings. The molecule has 10 nitrogen and oxygen atoms in total. The zero-order valence-corrected chi connectivity index (χ0v) is 23.8. The lowest BCUT2D eigenvalue weighted by Gasteiger charge is -2.00. The van der Waals surface area contributed by atoms with E-state index in [0.717, 1.165) is 35.3 Å². The van der Waals surface area contributed by atoms with Gasteiger partial charge in [-0.25, -0.2) is 16.8 Å². The topological polar surface area (TPSA) is 160 Å². The van der Waals surface area contributed by atoms with E-state index in [1.807, 2.05) is 0 Å². The van der Waals surface area contributed by atoms with Crippen LogP contribution in [0.2, 0.25) is 15.5 Å². The normalized spacial score (nSPS) is 11.1. The quantitative estimate of drug-likeness (QED) is 0.321. The lowest BCUT2D eigenvalue weighted by Crippen LogP contribution is -2.29. The van der Waals surface area contributed by atoms with Crippen molar-refractivity contribution in [1.29, 1.82) is 0 Å². The highest BCUT2D eigenvalue weighted by molar-refractivity contribution is 7.91. The van der Waals surface area contributed by atoms with Crippen molar-refractivity contribution in [3.05, 3.63) is 64.0 Å². The molecule has 2 heterocycles. The molecule has 0 spiro atoms. The largest absolute Gasteiger partial charge is 0.488 e. The predicted molar refractivity (Wildman–Crippen MR) is 143 cm³/mol. The van der Waals surface area contributed by atoms with Crippen molar-refractivity contribution in [1.82, 2.24) is 17.5 Å². The highest BCUT2D eigenvalue weighted by Crippen LogP contribution is 2.26. The van der Waals surface area contributed by atoms with Gasteiger partial charge in [0.2, 0.25) is 0 Å². The lowest BCUT2D eigenvalue weighted by atomic mass is 9.81. The number of halogens is 3. The zero-order chi connectivity index (χ0) is 27.1. The molecule has 0 saturated carbocycles. The van der Waals surface area contributed by atoms with Crippen LogP contribution in [0.4, 0.5) is 0 Å². The maximum atomic E-state index is 11.2. The van der Waals surface area contributed by atoms with Gasteiger partial charge in [-0.05, 0) is 29.7 Å². The lowest BCUT2D eigenvalue weighted by molar-refractivity contribution is 0.425. The van der Waals surface area contributed by atoms with Crippen molar-refractivity contribution in [2.75, 3.05) is 12.5 Å². The fourth-order valence-corrected chi connectivity index (χ4v) is 5.02. The highest BCUT2D eigenvalue weighted by Gasteiger charge is 2.13. The summed E-state index contributed by atoms with van der Waals surface area (Å²) in [6.07, 6.45) is 2.26. The molecule has 36 heavy (non-hydrogen) atoms.